The summed E-state index contributed by atoms with van der Waals surface area (Å²) in [4.78, 5) is 11.7. The number of nitrogens with zero attached hydrogens (tertiary/aromatic N) is 1. The predicted molar refractivity (Wildman–Crippen MR) is 62.2 cm³/mol. The minimum Gasteiger partial charge on any atom is -0.351 e. The Morgan fingerprint density at radius 1 is 1.38 bits per heavy atom. The van der Waals surface area contributed by atoms with Crippen LogP contribution in [0, 0.1) is 23.2 Å². The van der Waals surface area contributed by atoms with E-state index in [-0.39, 0.29) is 11.8 Å². The highest BCUT2D eigenvalue weighted by molar-refractivity contribution is 5.81. The molecule has 3 nitrogen and oxygen atoms in total. The van der Waals surface area contributed by atoms with Gasteiger partial charge in [-0.3, -0.25) is 4.79 Å². The lowest BCUT2D eigenvalue weighted by molar-refractivity contribution is -0.124. The Hall–Kier alpha value is -1.82. The first-order chi connectivity index (χ1) is 7.65. The fourth-order valence-corrected chi connectivity index (χ4v) is 1.41. The van der Waals surface area contributed by atoms with Gasteiger partial charge >= 0.3 is 0 Å². The molecule has 1 unspecified atom stereocenters. The molecule has 0 saturated carbocycles. The standard InChI is InChI=1S/C13H16N2O/c1-10(2)12(8-14)13(16)15-9-11-6-4-3-5-7-11/h3-7,10,12H,9H2,1-2H3,(H,15,16). The quantitative estimate of drug-likeness (QED) is 0.838. The fraction of sp³-hybridized carbons (Fsp3) is 0.385. The van der Waals surface area contributed by atoms with E-state index in [1.54, 1.807) is 0 Å². The Morgan fingerprint density at radius 2 is 2.00 bits per heavy atom. The molecule has 0 aliphatic carbocycles. The molecule has 0 radical (unpaired) electrons. The lowest BCUT2D eigenvalue weighted by atomic mass is 9.96. The van der Waals surface area contributed by atoms with Crippen molar-refractivity contribution >= 4 is 5.91 Å². The van der Waals surface area contributed by atoms with Crippen LogP contribution >= 0.6 is 0 Å². The molecule has 0 bridgehead atoms. The normalized spacial score (nSPS) is 11.9. The maximum absolute atomic E-state index is 11.7. The number of nitrogens with one attached hydrogen (secondary N) is 1. The van der Waals surface area contributed by atoms with Crippen molar-refractivity contribution in [2.45, 2.75) is 20.4 Å². The lowest BCUT2D eigenvalue weighted by Crippen LogP contribution is -2.32. The molecule has 1 amide bonds. The number of hydrogen-bond acceptors (Lipinski definition) is 2. The van der Waals surface area contributed by atoms with E-state index < -0.39 is 5.92 Å². The maximum atomic E-state index is 11.7. The topological polar surface area (TPSA) is 52.9 Å². The highest BCUT2D eigenvalue weighted by atomic mass is 16.1. The number of carbonyl (C=O) groups excluding carboxylic acids is 1. The van der Waals surface area contributed by atoms with E-state index in [2.05, 4.69) is 5.32 Å². The van der Waals surface area contributed by atoms with E-state index in [1.165, 1.54) is 0 Å². The summed E-state index contributed by atoms with van der Waals surface area (Å²) < 4.78 is 0. The van der Waals surface area contributed by atoms with Crippen LogP contribution in [0.4, 0.5) is 0 Å². The van der Waals surface area contributed by atoms with Gasteiger partial charge in [0.15, 0.2) is 0 Å². The zero-order chi connectivity index (χ0) is 12.0. The molecule has 0 aliphatic heterocycles. The van der Waals surface area contributed by atoms with Gasteiger partial charge < -0.3 is 5.32 Å². The van der Waals surface area contributed by atoms with E-state index >= 15 is 0 Å². The zero-order valence-corrected chi connectivity index (χ0v) is 9.60. The Kier molecular flexibility index (Phi) is 4.53. The second-order valence-corrected chi connectivity index (χ2v) is 4.05. The summed E-state index contributed by atoms with van der Waals surface area (Å²) in [5, 5.41) is 11.6. The third-order valence-corrected chi connectivity index (χ3v) is 2.40. The molecular weight excluding hydrogens is 200 g/mol. The predicted octanol–water partition coefficient (Wildman–Crippen LogP) is 2.10. The van der Waals surface area contributed by atoms with Crippen LogP contribution in [0.2, 0.25) is 0 Å². The summed E-state index contributed by atoms with van der Waals surface area (Å²) in [6.07, 6.45) is 0. The van der Waals surface area contributed by atoms with Crippen LogP contribution in [-0.4, -0.2) is 5.91 Å². The zero-order valence-electron chi connectivity index (χ0n) is 9.60. The summed E-state index contributed by atoms with van der Waals surface area (Å²) >= 11 is 0. The lowest BCUT2D eigenvalue weighted by Gasteiger charge is -2.12. The molecule has 1 rings (SSSR count). The van der Waals surface area contributed by atoms with E-state index in [0.29, 0.717) is 6.54 Å². The van der Waals surface area contributed by atoms with E-state index in [0.717, 1.165) is 5.56 Å². The van der Waals surface area contributed by atoms with Gasteiger partial charge in [0.2, 0.25) is 5.91 Å². The van der Waals surface area contributed by atoms with Gasteiger partial charge in [0.25, 0.3) is 0 Å². The van der Waals surface area contributed by atoms with Crippen molar-refractivity contribution in [1.29, 1.82) is 5.26 Å². The summed E-state index contributed by atoms with van der Waals surface area (Å²) in [6.45, 7) is 4.22. The average Bonchev–Trinajstić information content (AvgIpc) is 2.28. The minimum atomic E-state index is -0.566. The molecule has 0 heterocycles. The van der Waals surface area contributed by atoms with Crippen LogP contribution in [0.25, 0.3) is 0 Å². The third kappa shape index (κ3) is 3.39. The van der Waals surface area contributed by atoms with Gasteiger partial charge in [0, 0.05) is 6.54 Å². The van der Waals surface area contributed by atoms with Crippen LogP contribution in [0.3, 0.4) is 0 Å². The van der Waals surface area contributed by atoms with Crippen molar-refractivity contribution in [3.05, 3.63) is 35.9 Å². The Bertz CT molecular complexity index is 379. The van der Waals surface area contributed by atoms with Crippen LogP contribution in [0.15, 0.2) is 30.3 Å². The third-order valence-electron chi connectivity index (χ3n) is 2.40. The molecule has 0 fully saturated rings. The smallest absolute Gasteiger partial charge is 0.237 e. The summed E-state index contributed by atoms with van der Waals surface area (Å²) in [7, 11) is 0. The second-order valence-electron chi connectivity index (χ2n) is 4.05. The number of amides is 1. The molecule has 1 N–H and O–H groups in total. The SMILES string of the molecule is CC(C)C(C#N)C(=O)NCc1ccccc1. The van der Waals surface area contributed by atoms with Crippen molar-refractivity contribution in [2.24, 2.45) is 11.8 Å². The second kappa shape index (κ2) is 5.92. The van der Waals surface area contributed by atoms with Crippen molar-refractivity contribution in [1.82, 2.24) is 5.32 Å². The summed E-state index contributed by atoms with van der Waals surface area (Å²) in [6, 6.07) is 11.7. The molecule has 1 aromatic rings. The van der Waals surface area contributed by atoms with Crippen LogP contribution in [0.1, 0.15) is 19.4 Å². The van der Waals surface area contributed by atoms with Crippen LogP contribution in [-0.2, 0) is 11.3 Å². The Labute approximate surface area is 96.1 Å². The first kappa shape index (κ1) is 12.3. The number of hydrogen-bond donors (Lipinski definition) is 1. The van der Waals surface area contributed by atoms with Gasteiger partial charge in [-0.1, -0.05) is 44.2 Å². The van der Waals surface area contributed by atoms with Gasteiger partial charge in [-0.25, -0.2) is 0 Å². The van der Waals surface area contributed by atoms with E-state index in [4.69, 9.17) is 5.26 Å². The summed E-state index contributed by atoms with van der Waals surface area (Å²) in [5.41, 5.74) is 1.04. The van der Waals surface area contributed by atoms with Gasteiger partial charge in [-0.05, 0) is 11.5 Å². The van der Waals surface area contributed by atoms with Crippen molar-refractivity contribution in [3.8, 4) is 6.07 Å². The van der Waals surface area contributed by atoms with Crippen molar-refractivity contribution in [3.63, 3.8) is 0 Å². The van der Waals surface area contributed by atoms with Gasteiger partial charge in [0.1, 0.15) is 5.92 Å². The fourth-order valence-electron chi connectivity index (χ4n) is 1.41. The van der Waals surface area contributed by atoms with E-state index in [1.807, 2.05) is 50.2 Å². The monoisotopic (exact) mass is 216 g/mol. The molecule has 1 aromatic carbocycles. The molecule has 1 atom stereocenters. The molecule has 16 heavy (non-hydrogen) atoms. The highest BCUT2D eigenvalue weighted by Gasteiger charge is 2.20. The van der Waals surface area contributed by atoms with Gasteiger partial charge in [0.05, 0.1) is 6.07 Å². The van der Waals surface area contributed by atoms with Crippen molar-refractivity contribution < 1.29 is 4.79 Å². The Balaban J connectivity index is 2.50. The minimum absolute atomic E-state index is 0.0424. The Morgan fingerprint density at radius 3 is 2.50 bits per heavy atom. The largest absolute Gasteiger partial charge is 0.351 e. The first-order valence-corrected chi connectivity index (χ1v) is 5.36. The molecule has 0 aliphatic rings. The molecule has 3 heteroatoms. The number of nitriles is 1. The maximum Gasteiger partial charge on any atom is 0.237 e. The van der Waals surface area contributed by atoms with Crippen LogP contribution < -0.4 is 5.32 Å². The molecule has 0 aromatic heterocycles. The molecule has 0 spiro atoms. The molecule has 0 saturated heterocycles. The molecular formula is C13H16N2O. The number of rotatable bonds is 4. The van der Waals surface area contributed by atoms with Crippen LogP contribution in [0.5, 0.6) is 0 Å². The van der Waals surface area contributed by atoms with Gasteiger partial charge in [-0.15, -0.1) is 0 Å². The van der Waals surface area contributed by atoms with Crippen molar-refractivity contribution in [2.75, 3.05) is 0 Å². The first-order valence-electron chi connectivity index (χ1n) is 5.36. The average molecular weight is 216 g/mol. The molecule has 84 valence electrons. The van der Waals surface area contributed by atoms with Gasteiger partial charge in [-0.2, -0.15) is 5.26 Å². The van der Waals surface area contributed by atoms with E-state index in [9.17, 15) is 4.79 Å². The summed E-state index contributed by atoms with van der Waals surface area (Å²) in [5.74, 6) is -0.717. The highest BCUT2D eigenvalue weighted by Crippen LogP contribution is 2.09. The number of benzene rings is 1. The number of carbonyl (C=O) groups is 1.